The van der Waals surface area contributed by atoms with Crippen LogP contribution in [0.3, 0.4) is 0 Å². The molecule has 1 N–H and O–H groups in total. The van der Waals surface area contributed by atoms with Gasteiger partial charge in [-0.1, -0.05) is 19.1 Å². The molecule has 3 rings (SSSR count). The smallest absolute Gasteiger partial charge is 0.224 e. The van der Waals surface area contributed by atoms with Crippen molar-refractivity contribution < 1.29 is 9.18 Å². The molecule has 1 saturated heterocycles. The molecule has 2 aromatic rings. The predicted octanol–water partition coefficient (Wildman–Crippen LogP) is 2.74. The molecule has 0 unspecified atom stereocenters. The van der Waals surface area contributed by atoms with Crippen LogP contribution < -0.4 is 5.32 Å². The second-order valence-corrected chi connectivity index (χ2v) is 6.41. The summed E-state index contributed by atoms with van der Waals surface area (Å²) in [7, 11) is 0. The van der Waals surface area contributed by atoms with Gasteiger partial charge in [0, 0.05) is 31.3 Å². The number of halogens is 1. The summed E-state index contributed by atoms with van der Waals surface area (Å²) >= 11 is 0. The van der Waals surface area contributed by atoms with Crippen molar-refractivity contribution in [2.75, 3.05) is 18.4 Å². The van der Waals surface area contributed by atoms with Crippen molar-refractivity contribution in [3.63, 3.8) is 0 Å². The number of benzene rings is 1. The van der Waals surface area contributed by atoms with E-state index in [1.807, 2.05) is 17.9 Å². The monoisotopic (exact) mass is 342 g/mol. The first-order chi connectivity index (χ1) is 12.0. The quantitative estimate of drug-likeness (QED) is 0.877. The first kappa shape index (κ1) is 17.3. The topological polar surface area (TPSA) is 58.1 Å². The molecule has 1 aliphatic heterocycles. The Kier molecular flexibility index (Phi) is 5.26. The molecule has 1 atom stereocenters. The Bertz CT molecular complexity index is 748. The van der Waals surface area contributed by atoms with Gasteiger partial charge in [-0.15, -0.1) is 0 Å². The highest BCUT2D eigenvalue weighted by Crippen LogP contribution is 2.17. The van der Waals surface area contributed by atoms with Crippen LogP contribution in [-0.4, -0.2) is 39.9 Å². The summed E-state index contributed by atoms with van der Waals surface area (Å²) in [6, 6.07) is 8.43. The minimum Gasteiger partial charge on any atom is -0.365 e. The Morgan fingerprint density at radius 3 is 2.76 bits per heavy atom. The second-order valence-electron chi connectivity index (χ2n) is 6.41. The third kappa shape index (κ3) is 4.53. The van der Waals surface area contributed by atoms with E-state index in [-0.39, 0.29) is 17.8 Å². The van der Waals surface area contributed by atoms with Gasteiger partial charge >= 0.3 is 0 Å². The van der Waals surface area contributed by atoms with E-state index in [2.05, 4.69) is 22.2 Å². The molecule has 0 spiro atoms. The molecule has 0 saturated carbocycles. The fourth-order valence-corrected chi connectivity index (χ4v) is 3.09. The van der Waals surface area contributed by atoms with Crippen LogP contribution in [0.2, 0.25) is 0 Å². The first-order valence-corrected chi connectivity index (χ1v) is 8.67. The largest absolute Gasteiger partial charge is 0.365 e. The van der Waals surface area contributed by atoms with Gasteiger partial charge in [-0.05, 0) is 37.5 Å². The fraction of sp³-hybridized carbons (Fsp3) is 0.421. The Labute approximate surface area is 147 Å². The van der Waals surface area contributed by atoms with Crippen molar-refractivity contribution >= 4 is 11.7 Å². The van der Waals surface area contributed by atoms with Gasteiger partial charge in [0.05, 0.1) is 6.04 Å². The fourth-order valence-electron chi connectivity index (χ4n) is 3.09. The van der Waals surface area contributed by atoms with Crippen LogP contribution in [0.4, 0.5) is 10.2 Å². The SMILES string of the molecule is CCc1cc(N[C@H]2CC(=O)N(CCc3ccc(F)cc3)C2)nc(C)n1. The van der Waals surface area contributed by atoms with Crippen LogP contribution in [0, 0.1) is 12.7 Å². The van der Waals surface area contributed by atoms with E-state index in [1.165, 1.54) is 12.1 Å². The van der Waals surface area contributed by atoms with Crippen LogP contribution in [-0.2, 0) is 17.6 Å². The van der Waals surface area contributed by atoms with E-state index in [9.17, 15) is 9.18 Å². The third-order valence-electron chi connectivity index (χ3n) is 4.40. The van der Waals surface area contributed by atoms with Gasteiger partial charge in [0.15, 0.2) is 0 Å². The molecule has 2 heterocycles. The molecule has 1 aliphatic rings. The molecule has 0 aliphatic carbocycles. The van der Waals surface area contributed by atoms with Crippen molar-refractivity contribution in [2.24, 2.45) is 0 Å². The van der Waals surface area contributed by atoms with E-state index in [1.54, 1.807) is 12.1 Å². The van der Waals surface area contributed by atoms with Crippen molar-refractivity contribution in [3.05, 3.63) is 53.2 Å². The molecule has 5 nitrogen and oxygen atoms in total. The Morgan fingerprint density at radius 1 is 1.28 bits per heavy atom. The lowest BCUT2D eigenvalue weighted by Gasteiger charge is -2.17. The number of rotatable bonds is 6. The number of carbonyl (C=O) groups excluding carboxylic acids is 1. The average molecular weight is 342 g/mol. The zero-order valence-electron chi connectivity index (χ0n) is 14.6. The molecule has 1 amide bonds. The number of amides is 1. The number of hydrogen-bond acceptors (Lipinski definition) is 4. The molecule has 0 radical (unpaired) electrons. The lowest BCUT2D eigenvalue weighted by atomic mass is 10.1. The van der Waals surface area contributed by atoms with Gasteiger partial charge in [-0.25, -0.2) is 14.4 Å². The number of aryl methyl sites for hydroxylation is 2. The molecule has 0 bridgehead atoms. The Balaban J connectivity index is 1.57. The maximum Gasteiger partial charge on any atom is 0.224 e. The van der Waals surface area contributed by atoms with Crippen LogP contribution in [0.15, 0.2) is 30.3 Å². The van der Waals surface area contributed by atoms with Gasteiger partial charge in [0.25, 0.3) is 0 Å². The number of nitrogens with one attached hydrogen (secondary N) is 1. The highest BCUT2D eigenvalue weighted by atomic mass is 19.1. The number of aromatic nitrogens is 2. The number of anilines is 1. The summed E-state index contributed by atoms with van der Waals surface area (Å²) in [5.74, 6) is 1.42. The Hall–Kier alpha value is -2.50. The summed E-state index contributed by atoms with van der Waals surface area (Å²) in [6.45, 7) is 5.23. The average Bonchev–Trinajstić information content (AvgIpc) is 2.93. The maximum atomic E-state index is 12.9. The van der Waals surface area contributed by atoms with Gasteiger partial charge in [-0.3, -0.25) is 4.79 Å². The number of hydrogen-bond donors (Lipinski definition) is 1. The van der Waals surface area contributed by atoms with Crippen molar-refractivity contribution in [2.45, 2.75) is 39.2 Å². The lowest BCUT2D eigenvalue weighted by Crippen LogP contribution is -2.30. The normalized spacial score (nSPS) is 17.2. The van der Waals surface area contributed by atoms with E-state index < -0.39 is 0 Å². The van der Waals surface area contributed by atoms with Gasteiger partial charge in [-0.2, -0.15) is 0 Å². The summed E-state index contributed by atoms with van der Waals surface area (Å²) in [6.07, 6.45) is 2.05. The molecule has 132 valence electrons. The maximum absolute atomic E-state index is 12.9. The van der Waals surface area contributed by atoms with Crippen molar-refractivity contribution in [3.8, 4) is 0 Å². The number of likely N-dealkylation sites (tertiary alicyclic amines) is 1. The van der Waals surface area contributed by atoms with Crippen LogP contribution >= 0.6 is 0 Å². The summed E-state index contributed by atoms with van der Waals surface area (Å²) in [4.78, 5) is 22.9. The van der Waals surface area contributed by atoms with E-state index in [4.69, 9.17) is 0 Å². The third-order valence-corrected chi connectivity index (χ3v) is 4.40. The zero-order valence-corrected chi connectivity index (χ0v) is 14.6. The van der Waals surface area contributed by atoms with Gasteiger partial charge < -0.3 is 10.2 Å². The van der Waals surface area contributed by atoms with Crippen LogP contribution in [0.5, 0.6) is 0 Å². The summed E-state index contributed by atoms with van der Waals surface area (Å²) in [5.41, 5.74) is 2.03. The minimum absolute atomic E-state index is 0.0553. The van der Waals surface area contributed by atoms with Crippen molar-refractivity contribution in [1.29, 1.82) is 0 Å². The van der Waals surface area contributed by atoms with Gasteiger partial charge in [0.2, 0.25) is 5.91 Å². The van der Waals surface area contributed by atoms with Gasteiger partial charge in [0.1, 0.15) is 17.5 Å². The summed E-state index contributed by atoms with van der Waals surface area (Å²) in [5, 5.41) is 3.36. The molecule has 1 aromatic carbocycles. The number of nitrogens with zero attached hydrogens (tertiary/aromatic N) is 3. The first-order valence-electron chi connectivity index (χ1n) is 8.67. The summed E-state index contributed by atoms with van der Waals surface area (Å²) < 4.78 is 12.9. The predicted molar refractivity (Wildman–Crippen MR) is 94.9 cm³/mol. The minimum atomic E-state index is -0.239. The molecule has 25 heavy (non-hydrogen) atoms. The molecule has 6 heteroatoms. The van der Waals surface area contributed by atoms with E-state index in [0.717, 1.165) is 35.7 Å². The lowest BCUT2D eigenvalue weighted by molar-refractivity contribution is -0.127. The second kappa shape index (κ2) is 7.59. The highest BCUT2D eigenvalue weighted by Gasteiger charge is 2.29. The Morgan fingerprint density at radius 2 is 2.04 bits per heavy atom. The molecular weight excluding hydrogens is 319 g/mol. The molecule has 1 fully saturated rings. The number of carbonyl (C=O) groups is 1. The zero-order chi connectivity index (χ0) is 17.8. The van der Waals surface area contributed by atoms with E-state index in [0.29, 0.717) is 19.5 Å². The molecular formula is C19H23FN4O. The van der Waals surface area contributed by atoms with Crippen LogP contribution in [0.1, 0.15) is 30.4 Å². The van der Waals surface area contributed by atoms with Crippen LogP contribution in [0.25, 0.3) is 0 Å². The van der Waals surface area contributed by atoms with Crippen molar-refractivity contribution in [1.82, 2.24) is 14.9 Å². The van der Waals surface area contributed by atoms with E-state index >= 15 is 0 Å². The highest BCUT2D eigenvalue weighted by molar-refractivity contribution is 5.80. The standard InChI is InChI=1S/C19H23FN4O/c1-3-16-10-18(22-13(2)21-16)23-17-11-19(25)24(12-17)9-8-14-4-6-15(20)7-5-14/h4-7,10,17H,3,8-9,11-12H2,1-2H3,(H,21,22,23)/t17-/m0/s1. The molecule has 1 aromatic heterocycles.